The van der Waals surface area contributed by atoms with Crippen molar-refractivity contribution in [2.75, 3.05) is 30.4 Å². The molecule has 1 aromatic heterocycles. The summed E-state index contributed by atoms with van der Waals surface area (Å²) in [5.74, 6) is 0.676. The van der Waals surface area contributed by atoms with Crippen molar-refractivity contribution in [1.29, 1.82) is 0 Å². The van der Waals surface area contributed by atoms with Gasteiger partial charge in [0, 0.05) is 18.3 Å². The maximum Gasteiger partial charge on any atom is 0.416 e. The predicted molar refractivity (Wildman–Crippen MR) is 116 cm³/mol. The van der Waals surface area contributed by atoms with E-state index in [4.69, 9.17) is 16.3 Å². The van der Waals surface area contributed by atoms with Crippen molar-refractivity contribution in [3.63, 3.8) is 0 Å². The molecule has 0 spiro atoms. The Morgan fingerprint density at radius 2 is 1.97 bits per heavy atom. The smallest absolute Gasteiger partial charge is 0.416 e. The summed E-state index contributed by atoms with van der Waals surface area (Å²) in [5.41, 5.74) is 0.289. The van der Waals surface area contributed by atoms with E-state index in [9.17, 15) is 18.0 Å². The average molecular weight is 479 g/mol. The molecule has 0 unspecified atom stereocenters. The van der Waals surface area contributed by atoms with Crippen molar-refractivity contribution >= 4 is 35.1 Å². The molecule has 1 fully saturated rings. The third-order valence-corrected chi connectivity index (χ3v) is 5.15. The summed E-state index contributed by atoms with van der Waals surface area (Å²) in [7, 11) is 1.55. The Bertz CT molecular complexity index is 1170. The zero-order valence-corrected chi connectivity index (χ0v) is 18.0. The van der Waals surface area contributed by atoms with Gasteiger partial charge in [-0.2, -0.15) is 18.2 Å². The van der Waals surface area contributed by atoms with Crippen LogP contribution in [-0.4, -0.2) is 47.1 Å². The van der Waals surface area contributed by atoms with E-state index >= 15 is 0 Å². The molecular formula is C21H18ClF3N6O2. The Hall–Kier alpha value is -3.60. The first-order valence-electron chi connectivity index (χ1n) is 9.79. The van der Waals surface area contributed by atoms with Crippen LogP contribution in [0, 0.1) is 0 Å². The Labute approximate surface area is 191 Å². The molecule has 8 nitrogen and oxygen atoms in total. The Balaban J connectivity index is 1.37. The number of rotatable bonds is 6. The summed E-state index contributed by atoms with van der Waals surface area (Å²) in [5, 5.41) is 5.49. The molecule has 1 amide bonds. The Morgan fingerprint density at radius 1 is 1.18 bits per heavy atom. The van der Waals surface area contributed by atoms with Crippen LogP contribution in [0.5, 0.6) is 5.75 Å². The largest absolute Gasteiger partial charge is 0.485 e. The van der Waals surface area contributed by atoms with E-state index in [0.29, 0.717) is 36.2 Å². The van der Waals surface area contributed by atoms with Crippen LogP contribution in [0.2, 0.25) is 5.02 Å². The van der Waals surface area contributed by atoms with Crippen molar-refractivity contribution in [2.45, 2.75) is 12.3 Å². The predicted octanol–water partition coefficient (Wildman–Crippen LogP) is 3.91. The number of carbonyl (C=O) groups is 1. The number of aromatic nitrogens is 3. The van der Waals surface area contributed by atoms with Gasteiger partial charge in [0.1, 0.15) is 18.2 Å². The number of halogens is 4. The number of benzene rings is 2. The van der Waals surface area contributed by atoms with E-state index in [1.54, 1.807) is 31.3 Å². The number of hydrogen-bond donors (Lipinski definition) is 2. The van der Waals surface area contributed by atoms with Gasteiger partial charge in [-0.15, -0.1) is 0 Å². The fraction of sp³-hybridized carbons (Fsp3) is 0.238. The van der Waals surface area contributed by atoms with Crippen molar-refractivity contribution < 1.29 is 22.7 Å². The maximum atomic E-state index is 12.8. The first kappa shape index (κ1) is 22.6. The number of anilines is 3. The molecule has 0 bridgehead atoms. The number of alkyl halides is 3. The minimum atomic E-state index is -4.47. The lowest BCUT2D eigenvalue weighted by molar-refractivity contribution is -0.137. The van der Waals surface area contributed by atoms with E-state index in [-0.39, 0.29) is 22.8 Å². The Kier molecular flexibility index (Phi) is 6.23. The monoisotopic (exact) mass is 478 g/mol. The van der Waals surface area contributed by atoms with Gasteiger partial charge in [-0.05, 0) is 36.4 Å². The van der Waals surface area contributed by atoms with Crippen molar-refractivity contribution in [3.05, 3.63) is 64.9 Å². The fourth-order valence-electron chi connectivity index (χ4n) is 3.14. The molecule has 0 saturated carbocycles. The molecular weight excluding hydrogens is 461 g/mol. The van der Waals surface area contributed by atoms with E-state index in [1.807, 2.05) is 4.90 Å². The van der Waals surface area contributed by atoms with Gasteiger partial charge in [0.25, 0.3) is 5.91 Å². The van der Waals surface area contributed by atoms with Crippen LogP contribution in [0.1, 0.15) is 15.9 Å². The minimum absolute atomic E-state index is 0.103. The molecule has 1 aliphatic rings. The lowest BCUT2D eigenvalue weighted by atomic mass is 10.1. The lowest BCUT2D eigenvalue weighted by Gasteiger charge is -2.39. The summed E-state index contributed by atoms with van der Waals surface area (Å²) in [6.07, 6.45) is -3.39. The van der Waals surface area contributed by atoms with Gasteiger partial charge in [0.2, 0.25) is 11.9 Å². The summed E-state index contributed by atoms with van der Waals surface area (Å²) in [4.78, 5) is 26.2. The second kappa shape index (κ2) is 9.10. The number of hydrogen-bond acceptors (Lipinski definition) is 7. The van der Waals surface area contributed by atoms with Crippen LogP contribution in [0.25, 0.3) is 0 Å². The van der Waals surface area contributed by atoms with Gasteiger partial charge in [-0.25, -0.2) is 9.97 Å². The fourth-order valence-corrected chi connectivity index (χ4v) is 3.37. The number of carbonyl (C=O) groups excluding carboxylic acids is 1. The summed E-state index contributed by atoms with van der Waals surface area (Å²) in [6.45, 7) is 0.847. The molecule has 2 heterocycles. The van der Waals surface area contributed by atoms with E-state index < -0.39 is 11.7 Å². The molecule has 4 rings (SSSR count). The molecule has 3 aromatic rings. The molecule has 1 saturated heterocycles. The summed E-state index contributed by atoms with van der Waals surface area (Å²) in [6, 6.07) is 9.86. The van der Waals surface area contributed by atoms with Gasteiger partial charge in [0.05, 0.1) is 23.7 Å². The van der Waals surface area contributed by atoms with Gasteiger partial charge >= 0.3 is 6.18 Å². The maximum absolute atomic E-state index is 12.8. The van der Waals surface area contributed by atoms with Crippen LogP contribution < -0.4 is 20.3 Å². The highest BCUT2D eigenvalue weighted by atomic mass is 35.5. The first-order chi connectivity index (χ1) is 15.7. The minimum Gasteiger partial charge on any atom is -0.485 e. The molecule has 172 valence electrons. The van der Waals surface area contributed by atoms with Crippen LogP contribution in [-0.2, 0) is 6.18 Å². The number of ether oxygens (including phenoxy) is 1. The lowest BCUT2D eigenvalue weighted by Crippen LogP contribution is -2.54. The molecule has 1 aliphatic heterocycles. The number of nitrogens with one attached hydrogen (secondary N) is 2. The summed E-state index contributed by atoms with van der Waals surface area (Å²) < 4.78 is 44.0. The standard InChI is InChI=1S/C21H18ClF3N6O2/c1-26-18(32)12-3-2-4-14(7-12)29-19-27-11-28-20(30-19)31-9-15(10-31)33-17-6-5-13(8-16(17)22)21(23,24)25/h2-8,11,15H,9-10H2,1H3,(H,26,32)(H,27,28,29,30). The zero-order chi connectivity index (χ0) is 23.6. The topological polar surface area (TPSA) is 92.3 Å². The van der Waals surface area contributed by atoms with Crippen LogP contribution in [0.4, 0.5) is 30.8 Å². The van der Waals surface area contributed by atoms with Gasteiger partial charge in [-0.3, -0.25) is 4.79 Å². The van der Waals surface area contributed by atoms with E-state index in [1.165, 1.54) is 12.4 Å². The molecule has 0 atom stereocenters. The molecule has 2 N–H and O–H groups in total. The molecule has 0 aliphatic carbocycles. The highest BCUT2D eigenvalue weighted by Gasteiger charge is 2.33. The van der Waals surface area contributed by atoms with Crippen molar-refractivity contribution in [1.82, 2.24) is 20.3 Å². The number of amides is 1. The average Bonchev–Trinajstić information content (AvgIpc) is 2.76. The highest BCUT2D eigenvalue weighted by molar-refractivity contribution is 6.32. The molecule has 2 aromatic carbocycles. The van der Waals surface area contributed by atoms with Crippen LogP contribution >= 0.6 is 11.6 Å². The second-order valence-corrected chi connectivity index (χ2v) is 7.59. The first-order valence-corrected chi connectivity index (χ1v) is 10.2. The highest BCUT2D eigenvalue weighted by Crippen LogP contribution is 2.35. The van der Waals surface area contributed by atoms with Gasteiger partial charge in [0.15, 0.2) is 0 Å². The Morgan fingerprint density at radius 3 is 2.67 bits per heavy atom. The summed E-state index contributed by atoms with van der Waals surface area (Å²) >= 11 is 5.95. The van der Waals surface area contributed by atoms with E-state index in [0.717, 1.165) is 12.1 Å². The molecule has 12 heteroatoms. The van der Waals surface area contributed by atoms with Gasteiger partial charge in [-0.1, -0.05) is 17.7 Å². The third kappa shape index (κ3) is 5.25. The normalized spacial score (nSPS) is 13.9. The number of nitrogens with zero attached hydrogens (tertiary/aromatic N) is 4. The van der Waals surface area contributed by atoms with Crippen molar-refractivity contribution in [2.24, 2.45) is 0 Å². The SMILES string of the molecule is CNC(=O)c1cccc(Nc2ncnc(N3CC(Oc4ccc(C(F)(F)F)cc4Cl)C3)n2)c1. The zero-order valence-electron chi connectivity index (χ0n) is 17.2. The second-order valence-electron chi connectivity index (χ2n) is 7.18. The van der Waals surface area contributed by atoms with Gasteiger partial charge < -0.3 is 20.3 Å². The van der Waals surface area contributed by atoms with E-state index in [2.05, 4.69) is 25.6 Å². The van der Waals surface area contributed by atoms with Crippen LogP contribution in [0.15, 0.2) is 48.8 Å². The van der Waals surface area contributed by atoms with Crippen molar-refractivity contribution in [3.8, 4) is 5.75 Å². The third-order valence-electron chi connectivity index (χ3n) is 4.85. The molecule has 0 radical (unpaired) electrons. The molecule has 33 heavy (non-hydrogen) atoms. The van der Waals surface area contributed by atoms with Crippen LogP contribution in [0.3, 0.4) is 0 Å². The quantitative estimate of drug-likeness (QED) is 0.555.